The van der Waals surface area contributed by atoms with E-state index in [1.807, 2.05) is 0 Å². The average molecular weight is 240 g/mol. The number of hydrogen-bond donors (Lipinski definition) is 1. The molecule has 0 aliphatic carbocycles. The molecule has 2 atom stereocenters. The molecule has 4 heteroatoms. The number of aliphatic hydroxyl groups is 1. The van der Waals surface area contributed by atoms with Crippen LogP contribution in [0.25, 0.3) is 0 Å². The minimum absolute atomic E-state index is 0.269. The number of hydrogen-bond acceptors (Lipinski definition) is 3. The van der Waals surface area contributed by atoms with Gasteiger partial charge in [0, 0.05) is 0 Å². The summed E-state index contributed by atoms with van der Waals surface area (Å²) in [5.41, 5.74) is 0.393. The molecule has 1 rings (SSSR count). The van der Waals surface area contributed by atoms with Crippen LogP contribution in [0.4, 0.5) is 4.39 Å². The Balaban J connectivity index is 2.85. The lowest BCUT2D eigenvalue weighted by Gasteiger charge is -2.20. The van der Waals surface area contributed by atoms with E-state index in [4.69, 9.17) is 4.74 Å². The molecule has 3 nitrogen and oxygen atoms in total. The molecule has 17 heavy (non-hydrogen) atoms. The van der Waals surface area contributed by atoms with Crippen molar-refractivity contribution >= 4 is 5.97 Å². The van der Waals surface area contributed by atoms with E-state index in [0.717, 1.165) is 0 Å². The van der Waals surface area contributed by atoms with Crippen molar-refractivity contribution in [3.63, 3.8) is 0 Å². The maximum atomic E-state index is 13.0. The Bertz CT molecular complexity index is 379. The monoisotopic (exact) mass is 240 g/mol. The molecule has 0 aliphatic heterocycles. The fourth-order valence-electron chi connectivity index (χ4n) is 1.69. The van der Waals surface area contributed by atoms with Crippen LogP contribution >= 0.6 is 0 Å². The first-order valence-electron chi connectivity index (χ1n) is 5.70. The molecule has 1 aromatic rings. The fourth-order valence-corrected chi connectivity index (χ4v) is 1.69. The van der Waals surface area contributed by atoms with Gasteiger partial charge in [-0.05, 0) is 31.0 Å². The van der Waals surface area contributed by atoms with Crippen LogP contribution in [0, 0.1) is 11.7 Å². The Morgan fingerprint density at radius 2 is 2.18 bits per heavy atom. The molecule has 0 aromatic heterocycles. The molecule has 0 saturated carbocycles. The molecule has 0 amide bonds. The van der Waals surface area contributed by atoms with Crippen molar-refractivity contribution in [3.05, 3.63) is 35.6 Å². The summed E-state index contributed by atoms with van der Waals surface area (Å²) in [7, 11) is 0. The van der Waals surface area contributed by atoms with Gasteiger partial charge in [0.2, 0.25) is 0 Å². The highest BCUT2D eigenvalue weighted by atomic mass is 19.1. The van der Waals surface area contributed by atoms with Gasteiger partial charge in [0.1, 0.15) is 5.82 Å². The number of carbonyl (C=O) groups is 1. The van der Waals surface area contributed by atoms with Crippen molar-refractivity contribution in [3.8, 4) is 0 Å². The lowest BCUT2D eigenvalue weighted by molar-refractivity contribution is -0.152. The summed E-state index contributed by atoms with van der Waals surface area (Å²) in [5.74, 6) is -1.54. The minimum Gasteiger partial charge on any atom is -0.466 e. The number of halogens is 1. The lowest BCUT2D eigenvalue weighted by atomic mass is 9.93. The lowest BCUT2D eigenvalue weighted by Crippen LogP contribution is -2.24. The Morgan fingerprint density at radius 3 is 2.71 bits per heavy atom. The van der Waals surface area contributed by atoms with Crippen molar-refractivity contribution in [2.45, 2.75) is 26.4 Å². The predicted molar refractivity (Wildman–Crippen MR) is 61.8 cm³/mol. The van der Waals surface area contributed by atoms with Crippen LogP contribution in [0.1, 0.15) is 31.9 Å². The van der Waals surface area contributed by atoms with Crippen molar-refractivity contribution in [1.82, 2.24) is 0 Å². The second-order valence-electron chi connectivity index (χ2n) is 3.77. The smallest absolute Gasteiger partial charge is 0.311 e. The Kier molecular flexibility index (Phi) is 5.10. The Labute approximate surface area is 100 Å². The summed E-state index contributed by atoms with van der Waals surface area (Å²) in [6.45, 7) is 3.76. The molecular weight excluding hydrogens is 223 g/mol. The van der Waals surface area contributed by atoms with Gasteiger partial charge in [-0.1, -0.05) is 19.1 Å². The summed E-state index contributed by atoms with van der Waals surface area (Å²) in [6, 6.07) is 5.62. The van der Waals surface area contributed by atoms with Gasteiger partial charge in [0.05, 0.1) is 18.6 Å². The first-order chi connectivity index (χ1) is 8.10. The third kappa shape index (κ3) is 3.53. The summed E-state index contributed by atoms with van der Waals surface area (Å²) in [4.78, 5) is 11.6. The van der Waals surface area contributed by atoms with Gasteiger partial charge in [0.15, 0.2) is 0 Å². The van der Waals surface area contributed by atoms with Crippen LogP contribution in [0.5, 0.6) is 0 Å². The molecule has 0 aliphatic rings. The highest BCUT2D eigenvalue weighted by Crippen LogP contribution is 2.26. The average Bonchev–Trinajstić information content (AvgIpc) is 2.30. The summed E-state index contributed by atoms with van der Waals surface area (Å²) in [6.07, 6.45) is -0.592. The molecule has 0 heterocycles. The summed E-state index contributed by atoms with van der Waals surface area (Å²) in [5, 5.41) is 10.0. The minimum atomic E-state index is -1.03. The van der Waals surface area contributed by atoms with Gasteiger partial charge in [0.25, 0.3) is 0 Å². The van der Waals surface area contributed by atoms with Crippen molar-refractivity contribution in [2.75, 3.05) is 6.61 Å². The Morgan fingerprint density at radius 1 is 1.47 bits per heavy atom. The maximum Gasteiger partial charge on any atom is 0.311 e. The zero-order valence-corrected chi connectivity index (χ0v) is 10.0. The van der Waals surface area contributed by atoms with Crippen LogP contribution in [-0.2, 0) is 9.53 Å². The van der Waals surface area contributed by atoms with E-state index < -0.39 is 23.8 Å². The first-order valence-corrected chi connectivity index (χ1v) is 5.70. The van der Waals surface area contributed by atoms with E-state index in [2.05, 4.69) is 0 Å². The van der Waals surface area contributed by atoms with Gasteiger partial charge in [-0.25, -0.2) is 4.39 Å². The quantitative estimate of drug-likeness (QED) is 0.804. The maximum absolute atomic E-state index is 13.0. The van der Waals surface area contributed by atoms with Crippen LogP contribution < -0.4 is 0 Å². The topological polar surface area (TPSA) is 46.5 Å². The molecule has 1 N–H and O–H groups in total. The number of ether oxygens (including phenoxy) is 1. The van der Waals surface area contributed by atoms with Gasteiger partial charge in [-0.15, -0.1) is 0 Å². The second kappa shape index (κ2) is 6.35. The number of benzene rings is 1. The molecule has 0 bridgehead atoms. The van der Waals surface area contributed by atoms with Gasteiger partial charge in [-0.2, -0.15) is 0 Å². The normalized spacial score (nSPS) is 14.1. The van der Waals surface area contributed by atoms with Crippen molar-refractivity contribution < 1.29 is 19.0 Å². The van der Waals surface area contributed by atoms with E-state index in [9.17, 15) is 14.3 Å². The Hall–Kier alpha value is -1.42. The molecular formula is C13H17FO3. The standard InChI is InChI=1S/C13H17FO3/c1-3-11(13(16)17-4-2)12(15)9-6-5-7-10(14)8-9/h5-8,11-12,15H,3-4H2,1-2H3. The van der Waals surface area contributed by atoms with Crippen molar-refractivity contribution in [1.29, 1.82) is 0 Å². The highest BCUT2D eigenvalue weighted by molar-refractivity contribution is 5.73. The number of carbonyl (C=O) groups excluding carboxylic acids is 1. The van der Waals surface area contributed by atoms with Gasteiger partial charge >= 0.3 is 5.97 Å². The molecule has 94 valence electrons. The number of esters is 1. The van der Waals surface area contributed by atoms with E-state index in [1.54, 1.807) is 19.9 Å². The third-order valence-corrected chi connectivity index (χ3v) is 2.60. The first kappa shape index (κ1) is 13.6. The second-order valence-corrected chi connectivity index (χ2v) is 3.77. The van der Waals surface area contributed by atoms with Crippen LogP contribution in [0.3, 0.4) is 0 Å². The molecule has 0 saturated heterocycles. The van der Waals surface area contributed by atoms with E-state index >= 15 is 0 Å². The van der Waals surface area contributed by atoms with E-state index in [1.165, 1.54) is 18.2 Å². The number of rotatable bonds is 5. The predicted octanol–water partition coefficient (Wildman–Crippen LogP) is 2.45. The largest absolute Gasteiger partial charge is 0.466 e. The highest BCUT2D eigenvalue weighted by Gasteiger charge is 2.27. The van der Waals surface area contributed by atoms with E-state index in [-0.39, 0.29) is 6.61 Å². The fraction of sp³-hybridized carbons (Fsp3) is 0.462. The summed E-state index contributed by atoms with van der Waals surface area (Å²) < 4.78 is 17.9. The number of aliphatic hydroxyl groups excluding tert-OH is 1. The van der Waals surface area contributed by atoms with Gasteiger partial charge in [-0.3, -0.25) is 4.79 Å². The molecule has 2 unspecified atom stereocenters. The molecule has 0 spiro atoms. The van der Waals surface area contributed by atoms with E-state index in [0.29, 0.717) is 12.0 Å². The zero-order valence-electron chi connectivity index (χ0n) is 10.0. The van der Waals surface area contributed by atoms with Crippen LogP contribution in [0.15, 0.2) is 24.3 Å². The van der Waals surface area contributed by atoms with Crippen molar-refractivity contribution in [2.24, 2.45) is 5.92 Å². The molecule has 0 fully saturated rings. The SMILES string of the molecule is CCOC(=O)C(CC)C(O)c1cccc(F)c1. The van der Waals surface area contributed by atoms with Crippen LogP contribution in [-0.4, -0.2) is 17.7 Å². The summed E-state index contributed by atoms with van der Waals surface area (Å²) >= 11 is 0. The van der Waals surface area contributed by atoms with Crippen LogP contribution in [0.2, 0.25) is 0 Å². The molecule has 0 radical (unpaired) electrons. The molecule has 1 aromatic carbocycles. The van der Waals surface area contributed by atoms with Gasteiger partial charge < -0.3 is 9.84 Å². The zero-order chi connectivity index (χ0) is 12.8. The third-order valence-electron chi connectivity index (χ3n) is 2.60.